The predicted molar refractivity (Wildman–Crippen MR) is 95.8 cm³/mol. The Balaban J connectivity index is 0.000000918. The van der Waals surface area contributed by atoms with Crippen LogP contribution in [0.2, 0.25) is 0 Å². The van der Waals surface area contributed by atoms with Crippen LogP contribution in [0.1, 0.15) is 6.92 Å². The van der Waals surface area contributed by atoms with Crippen molar-refractivity contribution in [2.45, 2.75) is 19.5 Å². The number of nitrogens with zero attached hydrogens (tertiary/aromatic N) is 5. The molecule has 1 saturated heterocycles. The van der Waals surface area contributed by atoms with Crippen LogP contribution in [0, 0.1) is 0 Å². The Kier molecular flexibility index (Phi) is 12.5. The van der Waals surface area contributed by atoms with Crippen molar-refractivity contribution in [1.82, 2.24) is 24.3 Å². The molecule has 2 rings (SSSR count). The minimum atomic E-state index is -0.250. The lowest BCUT2D eigenvalue weighted by molar-refractivity contribution is -0.135. The van der Waals surface area contributed by atoms with Crippen molar-refractivity contribution in [2.75, 3.05) is 46.8 Å². The molecule has 1 aromatic rings. The molecule has 26 heavy (non-hydrogen) atoms. The van der Waals surface area contributed by atoms with Gasteiger partial charge in [-0.05, 0) is 14.0 Å². The van der Waals surface area contributed by atoms with Gasteiger partial charge in [0.05, 0.1) is 12.4 Å². The molecule has 0 saturated carbocycles. The smallest absolute Gasteiger partial charge is 0.290 e. The Morgan fingerprint density at radius 2 is 1.77 bits per heavy atom. The van der Waals surface area contributed by atoms with Crippen LogP contribution in [-0.4, -0.2) is 106 Å². The van der Waals surface area contributed by atoms with Gasteiger partial charge in [0.25, 0.3) is 12.9 Å². The number of hydrogen-bond acceptors (Lipinski definition) is 6. The Hall–Kier alpha value is -2.46. The van der Waals surface area contributed by atoms with Crippen molar-refractivity contribution >= 4 is 18.9 Å². The summed E-state index contributed by atoms with van der Waals surface area (Å²) in [5.74, 6) is 0.203. The number of carbonyl (C=O) groups is 3. The molecule has 10 heteroatoms. The average Bonchev–Trinajstić information content (AvgIpc) is 3.14. The summed E-state index contributed by atoms with van der Waals surface area (Å²) in [6.07, 6.45) is 5.46. The molecular formula is C16H29N5O5. The van der Waals surface area contributed by atoms with Gasteiger partial charge in [-0.2, -0.15) is 0 Å². The third-order valence-corrected chi connectivity index (χ3v) is 4.07. The van der Waals surface area contributed by atoms with E-state index < -0.39 is 0 Å². The second kappa shape index (κ2) is 13.8. The zero-order valence-electron chi connectivity index (χ0n) is 15.6. The molecule has 0 spiro atoms. The van der Waals surface area contributed by atoms with E-state index in [0.717, 1.165) is 32.7 Å². The second-order valence-corrected chi connectivity index (χ2v) is 5.79. The van der Waals surface area contributed by atoms with Gasteiger partial charge in [0.1, 0.15) is 0 Å². The highest BCUT2D eigenvalue weighted by molar-refractivity contribution is 5.81. The summed E-state index contributed by atoms with van der Waals surface area (Å²) >= 11 is 0. The van der Waals surface area contributed by atoms with Crippen molar-refractivity contribution in [3.05, 3.63) is 18.7 Å². The van der Waals surface area contributed by atoms with Crippen LogP contribution in [0.25, 0.3) is 0 Å². The largest absolute Gasteiger partial charge is 0.483 e. The molecule has 10 nitrogen and oxygen atoms in total. The Morgan fingerprint density at radius 3 is 2.23 bits per heavy atom. The number of carboxylic acid groups (broad SMARTS) is 2. The zero-order valence-corrected chi connectivity index (χ0v) is 15.6. The van der Waals surface area contributed by atoms with Crippen molar-refractivity contribution in [3.63, 3.8) is 0 Å². The summed E-state index contributed by atoms with van der Waals surface area (Å²) in [6.45, 7) is 7.04. The minimum absolute atomic E-state index is 0.0310. The fourth-order valence-corrected chi connectivity index (χ4v) is 2.48. The lowest BCUT2D eigenvalue weighted by Crippen LogP contribution is -2.53. The van der Waals surface area contributed by atoms with Crippen molar-refractivity contribution in [1.29, 1.82) is 0 Å². The number of amides is 1. The van der Waals surface area contributed by atoms with Gasteiger partial charge in [0.2, 0.25) is 5.91 Å². The number of hydrogen-bond donors (Lipinski definition) is 2. The number of piperazine rings is 1. The molecule has 2 N–H and O–H groups in total. The number of imidazole rings is 1. The van der Waals surface area contributed by atoms with Crippen molar-refractivity contribution in [3.8, 4) is 0 Å². The topological polar surface area (TPSA) is 119 Å². The summed E-state index contributed by atoms with van der Waals surface area (Å²) < 4.78 is 1.99. The van der Waals surface area contributed by atoms with E-state index in [1.807, 2.05) is 29.6 Å². The minimum Gasteiger partial charge on any atom is -0.483 e. The molecule has 1 unspecified atom stereocenters. The monoisotopic (exact) mass is 371 g/mol. The number of aromatic nitrogens is 2. The molecule has 148 valence electrons. The van der Waals surface area contributed by atoms with Crippen molar-refractivity contribution in [2.24, 2.45) is 0 Å². The van der Waals surface area contributed by atoms with Gasteiger partial charge < -0.3 is 24.6 Å². The third kappa shape index (κ3) is 9.14. The van der Waals surface area contributed by atoms with E-state index in [-0.39, 0.29) is 24.9 Å². The SMILES string of the molecule is CC(C(=O)N(C)CCn1ccnc1)N1CCN(C)CC1.O=CO.O=CO. The van der Waals surface area contributed by atoms with E-state index in [4.69, 9.17) is 19.8 Å². The van der Waals surface area contributed by atoms with E-state index in [1.165, 1.54) is 0 Å². The molecule has 2 heterocycles. The summed E-state index contributed by atoms with van der Waals surface area (Å²) in [5, 5.41) is 13.8. The van der Waals surface area contributed by atoms with E-state index in [9.17, 15) is 4.79 Å². The first-order valence-corrected chi connectivity index (χ1v) is 8.20. The van der Waals surface area contributed by atoms with Gasteiger partial charge in [-0.1, -0.05) is 0 Å². The fourth-order valence-electron chi connectivity index (χ4n) is 2.48. The number of rotatable bonds is 5. The highest BCUT2D eigenvalue weighted by Gasteiger charge is 2.26. The van der Waals surface area contributed by atoms with Crippen LogP contribution in [-0.2, 0) is 20.9 Å². The van der Waals surface area contributed by atoms with Crippen LogP contribution in [0.3, 0.4) is 0 Å². The van der Waals surface area contributed by atoms with Gasteiger partial charge >= 0.3 is 0 Å². The van der Waals surface area contributed by atoms with Crippen molar-refractivity contribution < 1.29 is 24.6 Å². The standard InChI is InChI=1S/C14H25N5O.2CH2O2/c1-13(19-10-6-16(2)7-11-19)14(20)17(3)8-9-18-5-4-15-12-18;2*2-1-3/h4-5,12-13H,6-11H2,1-3H3;2*1H,(H,2,3). The van der Waals surface area contributed by atoms with E-state index in [1.54, 1.807) is 12.5 Å². The maximum Gasteiger partial charge on any atom is 0.290 e. The average molecular weight is 371 g/mol. The van der Waals surface area contributed by atoms with Crippen LogP contribution in [0.4, 0.5) is 0 Å². The number of likely N-dealkylation sites (N-methyl/N-ethyl adjacent to an activating group) is 2. The van der Waals surface area contributed by atoms with E-state index in [0.29, 0.717) is 6.54 Å². The summed E-state index contributed by atoms with van der Waals surface area (Å²) in [5.41, 5.74) is 0. The molecule has 1 aromatic heterocycles. The summed E-state index contributed by atoms with van der Waals surface area (Å²) in [6, 6.07) is -0.0310. The highest BCUT2D eigenvalue weighted by atomic mass is 16.3. The molecule has 1 atom stereocenters. The lowest BCUT2D eigenvalue weighted by Gasteiger charge is -2.37. The predicted octanol–water partition coefficient (Wildman–Crippen LogP) is -0.621. The Labute approximate surface area is 153 Å². The molecule has 0 radical (unpaired) electrons. The zero-order chi connectivity index (χ0) is 19.9. The molecule has 0 aromatic carbocycles. The first-order chi connectivity index (χ1) is 12.4. The maximum absolute atomic E-state index is 12.4. The Morgan fingerprint density at radius 1 is 1.23 bits per heavy atom. The first kappa shape index (κ1) is 23.5. The molecule has 1 fully saturated rings. The highest BCUT2D eigenvalue weighted by Crippen LogP contribution is 2.07. The molecule has 1 aliphatic heterocycles. The van der Waals surface area contributed by atoms with Crippen LogP contribution < -0.4 is 0 Å². The molecule has 1 amide bonds. The first-order valence-electron chi connectivity index (χ1n) is 8.20. The lowest BCUT2D eigenvalue weighted by atomic mass is 10.2. The van der Waals surface area contributed by atoms with E-state index >= 15 is 0 Å². The van der Waals surface area contributed by atoms with Crippen LogP contribution in [0.15, 0.2) is 18.7 Å². The molecule has 0 bridgehead atoms. The quantitative estimate of drug-likeness (QED) is 0.657. The number of carbonyl (C=O) groups excluding carboxylic acids is 1. The summed E-state index contributed by atoms with van der Waals surface area (Å²) in [7, 11) is 4.01. The normalized spacial score (nSPS) is 15.5. The maximum atomic E-state index is 12.4. The van der Waals surface area contributed by atoms with Gasteiger partial charge in [0.15, 0.2) is 0 Å². The van der Waals surface area contributed by atoms with Crippen LogP contribution in [0.5, 0.6) is 0 Å². The van der Waals surface area contributed by atoms with Gasteiger partial charge in [-0.3, -0.25) is 19.3 Å². The fraction of sp³-hybridized carbons (Fsp3) is 0.625. The molecule has 1 aliphatic rings. The van der Waals surface area contributed by atoms with Crippen LogP contribution >= 0.6 is 0 Å². The summed E-state index contributed by atoms with van der Waals surface area (Å²) in [4.78, 5) is 39.6. The van der Waals surface area contributed by atoms with Gasteiger partial charge in [0, 0.05) is 58.7 Å². The van der Waals surface area contributed by atoms with Gasteiger partial charge in [-0.15, -0.1) is 0 Å². The second-order valence-electron chi connectivity index (χ2n) is 5.79. The molecular weight excluding hydrogens is 342 g/mol. The molecule has 0 aliphatic carbocycles. The van der Waals surface area contributed by atoms with Gasteiger partial charge in [-0.25, -0.2) is 4.98 Å². The van der Waals surface area contributed by atoms with E-state index in [2.05, 4.69) is 21.8 Å². The third-order valence-electron chi connectivity index (χ3n) is 4.07. The Bertz CT molecular complexity index is 497.